The number of aryl methyl sites for hydroxylation is 1. The second kappa shape index (κ2) is 6.22. The Bertz CT molecular complexity index is 547. The van der Waals surface area contributed by atoms with Gasteiger partial charge in [-0.2, -0.15) is 0 Å². The monoisotopic (exact) mass is 272 g/mol. The Morgan fingerprint density at radius 1 is 1.16 bits per heavy atom. The molecule has 0 spiro atoms. The van der Waals surface area contributed by atoms with E-state index in [1.165, 1.54) is 16.0 Å². The van der Waals surface area contributed by atoms with Crippen LogP contribution >= 0.6 is 11.8 Å². The van der Waals surface area contributed by atoms with Gasteiger partial charge in [0.15, 0.2) is 0 Å². The van der Waals surface area contributed by atoms with Crippen LogP contribution in [0.25, 0.3) is 0 Å². The van der Waals surface area contributed by atoms with Gasteiger partial charge in [-0.1, -0.05) is 37.7 Å². The summed E-state index contributed by atoms with van der Waals surface area (Å²) in [5.41, 5.74) is 9.52. The highest BCUT2D eigenvalue weighted by atomic mass is 32.2. The third-order valence-corrected chi connectivity index (χ3v) is 4.27. The van der Waals surface area contributed by atoms with E-state index in [2.05, 4.69) is 50.0 Å². The van der Waals surface area contributed by atoms with Gasteiger partial charge in [0, 0.05) is 23.2 Å². The molecule has 0 bridgehead atoms. The molecule has 19 heavy (non-hydrogen) atoms. The third kappa shape index (κ3) is 3.37. The number of hydrogen-bond acceptors (Lipinski definition) is 3. The fraction of sp³-hybridized carbons (Fsp3) is 0.312. The summed E-state index contributed by atoms with van der Waals surface area (Å²) in [6.45, 7) is 7.02. The van der Waals surface area contributed by atoms with Crippen LogP contribution < -0.4 is 5.73 Å². The fourth-order valence-corrected chi connectivity index (χ4v) is 2.91. The van der Waals surface area contributed by atoms with E-state index >= 15 is 0 Å². The Morgan fingerprint density at radius 2 is 1.84 bits per heavy atom. The van der Waals surface area contributed by atoms with Gasteiger partial charge in [0.1, 0.15) is 5.03 Å². The number of pyridine rings is 1. The third-order valence-electron chi connectivity index (χ3n) is 3.22. The first kappa shape index (κ1) is 14.1. The lowest BCUT2D eigenvalue weighted by molar-refractivity contribution is 0.864. The van der Waals surface area contributed by atoms with Crippen LogP contribution in [0.15, 0.2) is 46.5 Å². The lowest BCUT2D eigenvalue weighted by Gasteiger charge is -2.10. The molecule has 0 amide bonds. The number of nitrogens with two attached hydrogens (primary N) is 1. The molecule has 0 saturated carbocycles. The summed E-state index contributed by atoms with van der Waals surface area (Å²) >= 11 is 1.68. The van der Waals surface area contributed by atoms with Crippen LogP contribution in [0.5, 0.6) is 0 Å². The lowest BCUT2D eigenvalue weighted by Crippen LogP contribution is -2.02. The summed E-state index contributed by atoms with van der Waals surface area (Å²) in [5.74, 6) is 0.566. The largest absolute Gasteiger partial charge is 0.326 e. The molecule has 0 radical (unpaired) electrons. The molecule has 2 nitrogen and oxygen atoms in total. The van der Waals surface area contributed by atoms with E-state index in [1.807, 2.05) is 12.3 Å². The second-order valence-electron chi connectivity index (χ2n) is 4.94. The van der Waals surface area contributed by atoms with Crippen molar-refractivity contribution in [2.45, 2.75) is 43.2 Å². The van der Waals surface area contributed by atoms with Crippen molar-refractivity contribution in [3.8, 4) is 0 Å². The van der Waals surface area contributed by atoms with Gasteiger partial charge in [0.05, 0.1) is 0 Å². The van der Waals surface area contributed by atoms with Crippen molar-refractivity contribution in [3.63, 3.8) is 0 Å². The quantitative estimate of drug-likeness (QED) is 0.909. The Morgan fingerprint density at radius 3 is 2.42 bits per heavy atom. The first-order chi connectivity index (χ1) is 9.11. The summed E-state index contributed by atoms with van der Waals surface area (Å²) in [6.07, 6.45) is 1.85. The van der Waals surface area contributed by atoms with E-state index < -0.39 is 0 Å². The summed E-state index contributed by atoms with van der Waals surface area (Å²) in [7, 11) is 0. The van der Waals surface area contributed by atoms with Gasteiger partial charge in [-0.05, 0) is 42.2 Å². The van der Waals surface area contributed by atoms with Crippen molar-refractivity contribution < 1.29 is 0 Å². The molecule has 0 atom stereocenters. The van der Waals surface area contributed by atoms with Gasteiger partial charge < -0.3 is 5.73 Å². The molecule has 1 heterocycles. The summed E-state index contributed by atoms with van der Waals surface area (Å²) in [5, 5.41) is 1.01. The van der Waals surface area contributed by atoms with Crippen LogP contribution in [0, 0.1) is 6.92 Å². The predicted molar refractivity (Wildman–Crippen MR) is 81.5 cm³/mol. The zero-order valence-corrected chi connectivity index (χ0v) is 12.5. The van der Waals surface area contributed by atoms with Gasteiger partial charge in [-0.25, -0.2) is 4.98 Å². The average molecular weight is 272 g/mol. The van der Waals surface area contributed by atoms with Crippen molar-refractivity contribution in [1.82, 2.24) is 4.98 Å². The number of rotatable bonds is 4. The van der Waals surface area contributed by atoms with E-state index in [9.17, 15) is 0 Å². The molecule has 0 aliphatic rings. The van der Waals surface area contributed by atoms with Crippen LogP contribution in [-0.2, 0) is 6.54 Å². The van der Waals surface area contributed by atoms with Gasteiger partial charge >= 0.3 is 0 Å². The normalized spacial score (nSPS) is 11.0. The highest BCUT2D eigenvalue weighted by Gasteiger charge is 2.07. The summed E-state index contributed by atoms with van der Waals surface area (Å²) in [4.78, 5) is 5.65. The van der Waals surface area contributed by atoms with Crippen molar-refractivity contribution in [2.24, 2.45) is 5.73 Å². The molecule has 1 aromatic carbocycles. The van der Waals surface area contributed by atoms with Crippen molar-refractivity contribution in [3.05, 3.63) is 53.2 Å². The van der Waals surface area contributed by atoms with Crippen LogP contribution in [0.2, 0.25) is 0 Å². The number of nitrogens with zero attached hydrogens (tertiary/aromatic N) is 1. The molecule has 0 saturated heterocycles. The SMILES string of the molecule is Cc1ccnc(Sc2ccc(C(C)C)cc2)c1CN. The lowest BCUT2D eigenvalue weighted by atomic mass is 10.0. The van der Waals surface area contributed by atoms with E-state index in [0.29, 0.717) is 12.5 Å². The smallest absolute Gasteiger partial charge is 0.105 e. The van der Waals surface area contributed by atoms with Crippen LogP contribution in [-0.4, -0.2) is 4.98 Å². The molecule has 0 fully saturated rings. The minimum atomic E-state index is 0.534. The molecule has 0 unspecified atom stereocenters. The van der Waals surface area contributed by atoms with E-state index in [4.69, 9.17) is 5.73 Å². The molecule has 2 N–H and O–H groups in total. The molecular weight excluding hydrogens is 252 g/mol. The molecule has 1 aromatic heterocycles. The maximum atomic E-state index is 5.82. The Balaban J connectivity index is 2.24. The van der Waals surface area contributed by atoms with Crippen molar-refractivity contribution in [1.29, 1.82) is 0 Å². The Kier molecular flexibility index (Phi) is 4.61. The maximum absolute atomic E-state index is 5.82. The second-order valence-corrected chi connectivity index (χ2v) is 6.00. The minimum Gasteiger partial charge on any atom is -0.326 e. The van der Waals surface area contributed by atoms with E-state index in [1.54, 1.807) is 11.8 Å². The predicted octanol–water partition coefficient (Wildman–Crippen LogP) is 4.12. The number of hydrogen-bond donors (Lipinski definition) is 1. The molecule has 0 aliphatic heterocycles. The minimum absolute atomic E-state index is 0.534. The van der Waals surface area contributed by atoms with Crippen LogP contribution in [0.1, 0.15) is 36.5 Å². The first-order valence-electron chi connectivity index (χ1n) is 6.54. The first-order valence-corrected chi connectivity index (χ1v) is 7.36. The molecule has 0 aliphatic carbocycles. The molecule has 3 heteroatoms. The highest BCUT2D eigenvalue weighted by molar-refractivity contribution is 7.99. The number of benzene rings is 1. The standard InChI is InChI=1S/C16H20N2S/c1-11(2)13-4-6-14(7-5-13)19-16-15(10-17)12(3)8-9-18-16/h4-9,11H,10,17H2,1-3H3. The van der Waals surface area contributed by atoms with Gasteiger partial charge in [-0.15, -0.1) is 0 Å². The molecule has 100 valence electrons. The van der Waals surface area contributed by atoms with Gasteiger partial charge in [-0.3, -0.25) is 0 Å². The van der Waals surface area contributed by atoms with Gasteiger partial charge in [0.25, 0.3) is 0 Å². The average Bonchev–Trinajstić information content (AvgIpc) is 2.39. The Labute approximate surface area is 119 Å². The molecule has 2 rings (SSSR count). The van der Waals surface area contributed by atoms with E-state index in [-0.39, 0.29) is 0 Å². The summed E-state index contributed by atoms with van der Waals surface area (Å²) < 4.78 is 0. The maximum Gasteiger partial charge on any atom is 0.105 e. The number of aromatic nitrogens is 1. The summed E-state index contributed by atoms with van der Waals surface area (Å²) in [6, 6.07) is 10.7. The topological polar surface area (TPSA) is 38.9 Å². The fourth-order valence-electron chi connectivity index (χ4n) is 1.93. The van der Waals surface area contributed by atoms with Crippen LogP contribution in [0.3, 0.4) is 0 Å². The molecular formula is C16H20N2S. The van der Waals surface area contributed by atoms with E-state index in [0.717, 1.165) is 10.6 Å². The van der Waals surface area contributed by atoms with Crippen molar-refractivity contribution >= 4 is 11.8 Å². The zero-order valence-electron chi connectivity index (χ0n) is 11.7. The Hall–Kier alpha value is -1.32. The zero-order chi connectivity index (χ0) is 13.8. The highest BCUT2D eigenvalue weighted by Crippen LogP contribution is 2.30. The van der Waals surface area contributed by atoms with Crippen LogP contribution in [0.4, 0.5) is 0 Å². The van der Waals surface area contributed by atoms with Crippen molar-refractivity contribution in [2.75, 3.05) is 0 Å². The van der Waals surface area contributed by atoms with Gasteiger partial charge in [0.2, 0.25) is 0 Å². The molecule has 2 aromatic rings.